The summed E-state index contributed by atoms with van der Waals surface area (Å²) in [4.78, 5) is 0. The Morgan fingerprint density at radius 3 is 1.47 bits per heavy atom. The molecule has 0 aromatic rings. The van der Waals surface area contributed by atoms with Crippen molar-refractivity contribution in [3.8, 4) is 0 Å². The van der Waals surface area contributed by atoms with Gasteiger partial charge in [-0.25, -0.2) is 0 Å². The second kappa shape index (κ2) is 1.87. The van der Waals surface area contributed by atoms with Crippen molar-refractivity contribution in [2.45, 2.75) is 0 Å². The van der Waals surface area contributed by atoms with Gasteiger partial charge in [0.2, 0.25) is 0 Å². The Balaban J connectivity index is 2.12. The number of nitrogens with two attached hydrogens (primary N) is 2. The smallest absolute Gasteiger partial charge is 0.0743 e. The van der Waals surface area contributed by atoms with E-state index in [1.165, 1.54) is 22.3 Å². The molecule has 4 N–H and O–H groups in total. The molecule has 0 radical (unpaired) electrons. The molecule has 0 aromatic heterocycles. The number of rotatable bonds is 0. The van der Waals surface area contributed by atoms with Gasteiger partial charge in [-0.15, -0.1) is 0 Å². The fourth-order valence-electron chi connectivity index (χ4n) is 3.21. The lowest BCUT2D eigenvalue weighted by Crippen LogP contribution is -2.19. The Hall–Kier alpha value is -1.96. The lowest BCUT2D eigenvalue weighted by atomic mass is 9.75. The molecule has 0 saturated carbocycles. The van der Waals surface area contributed by atoms with Crippen LogP contribution in [-0.4, -0.2) is 0 Å². The molecule has 2 heteroatoms. The average molecular weight is 194 g/mol. The van der Waals surface area contributed by atoms with Crippen LogP contribution in [-0.2, 0) is 0 Å². The van der Waals surface area contributed by atoms with Crippen LogP contribution in [0.2, 0.25) is 0 Å². The van der Waals surface area contributed by atoms with Crippen LogP contribution in [0.1, 0.15) is 0 Å². The van der Waals surface area contributed by atoms with E-state index in [9.17, 15) is 0 Å². The van der Waals surface area contributed by atoms with Gasteiger partial charge in [-0.3, -0.25) is 0 Å². The van der Waals surface area contributed by atoms with Crippen LogP contribution in [0, 0.1) is 5.41 Å². The molecule has 0 fully saturated rings. The van der Waals surface area contributed by atoms with Crippen molar-refractivity contribution in [3.63, 3.8) is 0 Å². The maximum atomic E-state index is 6.01. The number of hydrogen-bond acceptors (Lipinski definition) is 2. The topological polar surface area (TPSA) is 52.0 Å². The molecule has 4 aliphatic carbocycles. The van der Waals surface area contributed by atoms with Gasteiger partial charge in [0.05, 0.1) is 5.41 Å². The van der Waals surface area contributed by atoms with Gasteiger partial charge in [0, 0.05) is 11.4 Å². The molecule has 1 spiro atoms. The number of hydrogen-bond donors (Lipinski definition) is 2. The minimum Gasteiger partial charge on any atom is -0.398 e. The molecule has 0 atom stereocenters. The molecule has 4 bridgehead atoms. The summed E-state index contributed by atoms with van der Waals surface area (Å²) in [5, 5.41) is 0. The quantitative estimate of drug-likeness (QED) is 0.612. The minimum atomic E-state index is -0.103. The summed E-state index contributed by atoms with van der Waals surface area (Å²) in [6.45, 7) is 0. The highest BCUT2D eigenvalue weighted by Gasteiger charge is 2.53. The van der Waals surface area contributed by atoms with Crippen molar-refractivity contribution in [2.75, 3.05) is 0 Å². The lowest BCUT2D eigenvalue weighted by Gasteiger charge is -2.25. The fourth-order valence-corrected chi connectivity index (χ4v) is 3.21. The fraction of sp³-hybridized carbons (Fsp3) is 0.0769. The van der Waals surface area contributed by atoms with E-state index in [0.29, 0.717) is 0 Å². The first-order valence-electron chi connectivity index (χ1n) is 5.05. The Bertz CT molecular complexity index is 538. The zero-order chi connectivity index (χ0) is 10.2. The van der Waals surface area contributed by atoms with Gasteiger partial charge < -0.3 is 11.5 Å². The van der Waals surface area contributed by atoms with E-state index >= 15 is 0 Å². The second-order valence-corrected chi connectivity index (χ2v) is 4.35. The standard InChI is InChI=1S/C13H10N2/c14-11-5-7-1-3-9(11)13(7)8-2-4-10(13)12(15)6-8/h1-6H,14-15H2. The molecule has 2 nitrogen and oxygen atoms in total. The van der Waals surface area contributed by atoms with Crippen LogP contribution in [0.25, 0.3) is 0 Å². The molecule has 0 amide bonds. The maximum Gasteiger partial charge on any atom is 0.0743 e. The van der Waals surface area contributed by atoms with Crippen LogP contribution < -0.4 is 11.5 Å². The van der Waals surface area contributed by atoms with Crippen molar-refractivity contribution in [1.82, 2.24) is 0 Å². The van der Waals surface area contributed by atoms with Crippen molar-refractivity contribution in [2.24, 2.45) is 16.9 Å². The van der Waals surface area contributed by atoms with Crippen LogP contribution in [0.3, 0.4) is 0 Å². The summed E-state index contributed by atoms with van der Waals surface area (Å²) in [5.74, 6) is 0. The van der Waals surface area contributed by atoms with Gasteiger partial charge in [0.25, 0.3) is 0 Å². The Kier molecular flexibility index (Phi) is 0.914. The van der Waals surface area contributed by atoms with Gasteiger partial charge in [-0.1, -0.05) is 24.3 Å². The molecule has 15 heavy (non-hydrogen) atoms. The summed E-state index contributed by atoms with van der Waals surface area (Å²) < 4.78 is 0. The third-order valence-corrected chi connectivity index (χ3v) is 3.78. The zero-order valence-corrected chi connectivity index (χ0v) is 8.12. The van der Waals surface area contributed by atoms with Gasteiger partial charge >= 0.3 is 0 Å². The van der Waals surface area contributed by atoms with E-state index in [1.54, 1.807) is 0 Å². The van der Waals surface area contributed by atoms with E-state index in [1.807, 2.05) is 0 Å². The summed E-state index contributed by atoms with van der Waals surface area (Å²) >= 11 is 0. The largest absolute Gasteiger partial charge is 0.398 e. The molecule has 0 saturated heterocycles. The molecular formula is C13H10N2. The third-order valence-electron chi connectivity index (χ3n) is 3.78. The Labute approximate surface area is 87.6 Å². The number of allylic oxidation sites excluding steroid dienone is 10. The summed E-state index contributed by atoms with van der Waals surface area (Å²) in [6, 6.07) is 0. The highest BCUT2D eigenvalue weighted by molar-refractivity contribution is 5.80. The maximum absolute atomic E-state index is 6.01. The van der Waals surface area contributed by atoms with Gasteiger partial charge in [0.1, 0.15) is 0 Å². The first kappa shape index (κ1) is 7.35. The minimum absolute atomic E-state index is 0.103. The van der Waals surface area contributed by atoms with E-state index in [2.05, 4.69) is 36.5 Å². The van der Waals surface area contributed by atoms with Crippen molar-refractivity contribution >= 4 is 0 Å². The first-order chi connectivity index (χ1) is 7.24. The molecule has 0 aliphatic heterocycles. The van der Waals surface area contributed by atoms with Gasteiger partial charge in [-0.2, -0.15) is 0 Å². The monoisotopic (exact) mass is 194 g/mol. The van der Waals surface area contributed by atoms with Crippen molar-refractivity contribution in [3.05, 3.63) is 70.1 Å². The van der Waals surface area contributed by atoms with Crippen molar-refractivity contribution < 1.29 is 0 Å². The molecule has 0 heterocycles. The highest BCUT2D eigenvalue weighted by Crippen LogP contribution is 2.63. The molecule has 0 unspecified atom stereocenters. The van der Waals surface area contributed by atoms with Crippen LogP contribution in [0.4, 0.5) is 0 Å². The Morgan fingerprint density at radius 2 is 1.20 bits per heavy atom. The van der Waals surface area contributed by atoms with Gasteiger partial charge in [-0.05, 0) is 34.4 Å². The van der Waals surface area contributed by atoms with Crippen LogP contribution in [0.5, 0.6) is 0 Å². The second-order valence-electron chi connectivity index (χ2n) is 4.35. The average Bonchev–Trinajstić information content (AvgIpc) is 2.88. The third kappa shape index (κ3) is 0.526. The highest BCUT2D eigenvalue weighted by atomic mass is 14.7. The molecule has 4 rings (SSSR count). The SMILES string of the molecule is NC1=C2C=CC(=C1)C21C2=CC(N)=C1C=C2. The lowest BCUT2D eigenvalue weighted by molar-refractivity contribution is 0.731. The summed E-state index contributed by atoms with van der Waals surface area (Å²) in [5.41, 5.74) is 18.6. The zero-order valence-electron chi connectivity index (χ0n) is 8.12. The van der Waals surface area contributed by atoms with Crippen LogP contribution >= 0.6 is 0 Å². The molecular weight excluding hydrogens is 184 g/mol. The first-order valence-corrected chi connectivity index (χ1v) is 5.05. The van der Waals surface area contributed by atoms with E-state index in [0.717, 1.165) is 11.4 Å². The summed E-state index contributed by atoms with van der Waals surface area (Å²) in [6.07, 6.45) is 12.6. The van der Waals surface area contributed by atoms with Crippen LogP contribution in [0.15, 0.2) is 70.1 Å². The van der Waals surface area contributed by atoms with E-state index in [-0.39, 0.29) is 5.41 Å². The van der Waals surface area contributed by atoms with E-state index < -0.39 is 0 Å². The normalized spacial score (nSPS) is 27.5. The predicted octanol–water partition coefficient (Wildman–Crippen LogP) is 1.42. The Morgan fingerprint density at radius 1 is 0.733 bits per heavy atom. The van der Waals surface area contributed by atoms with Crippen molar-refractivity contribution in [1.29, 1.82) is 0 Å². The molecule has 0 aromatic carbocycles. The molecule has 4 aliphatic rings. The molecule has 72 valence electrons. The van der Waals surface area contributed by atoms with Gasteiger partial charge in [0.15, 0.2) is 0 Å². The predicted molar refractivity (Wildman–Crippen MR) is 59.3 cm³/mol. The van der Waals surface area contributed by atoms with E-state index in [4.69, 9.17) is 11.5 Å². The summed E-state index contributed by atoms with van der Waals surface area (Å²) in [7, 11) is 0.